The third-order valence-electron chi connectivity index (χ3n) is 2.70. The van der Waals surface area contributed by atoms with Gasteiger partial charge in [-0.3, -0.25) is 0 Å². The van der Waals surface area contributed by atoms with Gasteiger partial charge in [-0.1, -0.05) is 0 Å². The van der Waals surface area contributed by atoms with Crippen LogP contribution in [-0.2, 0) is 4.79 Å². The molecule has 1 aliphatic rings. The van der Waals surface area contributed by atoms with Gasteiger partial charge in [0, 0.05) is 0 Å². The summed E-state index contributed by atoms with van der Waals surface area (Å²) in [6, 6.07) is 7.11. The number of likely N-dealkylation sites (tertiary alicyclic amines) is 1. The molecular weight excluding hydrogens is 173 g/mol. The van der Waals surface area contributed by atoms with Crippen molar-refractivity contribution in [3.05, 3.63) is 29.6 Å². The molecule has 1 fully saturated rings. The van der Waals surface area contributed by atoms with Crippen molar-refractivity contribution in [1.82, 2.24) is 4.90 Å². The van der Waals surface area contributed by atoms with Crippen LogP contribution in [0.25, 0.3) is 0 Å². The molecule has 1 unspecified atom stereocenters. The van der Waals surface area contributed by atoms with Crippen LogP contribution in [0.4, 0.5) is 0 Å². The Hall–Kier alpha value is -0.955. The van der Waals surface area contributed by atoms with Gasteiger partial charge in [-0.2, -0.15) is 0 Å². The fourth-order valence-corrected chi connectivity index (χ4v) is 2.01. The average molecular weight is 189 g/mol. The summed E-state index contributed by atoms with van der Waals surface area (Å²) in [5.41, 5.74) is 1.47. The molecule has 3 heteroatoms. The van der Waals surface area contributed by atoms with Crippen LogP contribution in [0.3, 0.4) is 0 Å². The Morgan fingerprint density at radius 2 is 2.29 bits per heavy atom. The first-order valence-electron chi connectivity index (χ1n) is 4.92. The summed E-state index contributed by atoms with van der Waals surface area (Å²) in [6.07, 6.45) is 2.66. The zero-order chi connectivity index (χ0) is 10.4. The summed E-state index contributed by atoms with van der Waals surface area (Å²) in [7, 11) is 2.21. The van der Waals surface area contributed by atoms with Gasteiger partial charge in [0.05, 0.1) is 0 Å². The molecule has 0 aliphatic carbocycles. The van der Waals surface area contributed by atoms with Crippen molar-refractivity contribution in [2.75, 3.05) is 13.6 Å². The van der Waals surface area contributed by atoms with Gasteiger partial charge in [0.15, 0.2) is 0 Å². The first kappa shape index (κ1) is 11.1. The van der Waals surface area contributed by atoms with Gasteiger partial charge in [-0.25, -0.2) is 0 Å². The SMILES string of the molecule is C=O.CN1CCCC1c1bcccc1. The quantitative estimate of drug-likeness (QED) is 0.668. The van der Waals surface area contributed by atoms with Crippen LogP contribution in [-0.4, -0.2) is 32.2 Å². The standard InChI is InChI=1S/C10H14BN.CH2O/c1-12-8-4-6-10(12)9-5-2-3-7-11-9;1-2/h2-3,5,7,10H,4,6,8H2,1H3;1H2. The van der Waals surface area contributed by atoms with Crippen LogP contribution < -0.4 is 0 Å². The molecule has 0 radical (unpaired) electrons. The Balaban J connectivity index is 0.000000461. The topological polar surface area (TPSA) is 20.3 Å². The molecule has 0 N–H and O–H groups in total. The fourth-order valence-electron chi connectivity index (χ4n) is 2.01. The van der Waals surface area contributed by atoms with Crippen LogP contribution >= 0.6 is 0 Å². The number of hydrogen-bond acceptors (Lipinski definition) is 2. The van der Waals surface area contributed by atoms with E-state index in [2.05, 4.69) is 43.0 Å². The summed E-state index contributed by atoms with van der Waals surface area (Å²) >= 11 is 0. The van der Waals surface area contributed by atoms with Gasteiger partial charge in [0.25, 0.3) is 0 Å². The summed E-state index contributed by atoms with van der Waals surface area (Å²) in [5.74, 6) is 2.13. The predicted molar refractivity (Wildman–Crippen MR) is 59.5 cm³/mol. The Labute approximate surface area is 86.1 Å². The molecule has 0 spiro atoms. The Kier molecular flexibility index (Phi) is 4.53. The van der Waals surface area contributed by atoms with Gasteiger partial charge in [0.1, 0.15) is 6.79 Å². The van der Waals surface area contributed by atoms with E-state index in [-0.39, 0.29) is 0 Å². The third-order valence-corrected chi connectivity index (χ3v) is 2.70. The van der Waals surface area contributed by atoms with Crippen LogP contribution in [0.2, 0.25) is 0 Å². The second-order valence-electron chi connectivity index (χ2n) is 3.55. The Bertz CT molecular complexity index is 265. The van der Waals surface area contributed by atoms with Crippen LogP contribution in [0, 0.1) is 0 Å². The van der Waals surface area contributed by atoms with Crippen LogP contribution in [0.5, 0.6) is 0 Å². The van der Waals surface area contributed by atoms with Crippen molar-refractivity contribution in [1.29, 1.82) is 0 Å². The molecule has 0 aromatic carbocycles. The Morgan fingerprint density at radius 1 is 1.50 bits per heavy atom. The number of nitrogens with zero attached hydrogens (tertiary/aromatic N) is 1. The molecule has 14 heavy (non-hydrogen) atoms. The first-order valence-corrected chi connectivity index (χ1v) is 4.92. The number of carbonyl (C=O) groups is 1. The van der Waals surface area contributed by atoms with Gasteiger partial charge >= 0.3 is 73.9 Å². The minimum atomic E-state index is 0.672. The first-order chi connectivity index (χ1) is 6.88. The number of hydrogen-bond donors (Lipinski definition) is 0. The van der Waals surface area contributed by atoms with E-state index < -0.39 is 0 Å². The molecule has 1 aromatic heterocycles. The summed E-state index contributed by atoms with van der Waals surface area (Å²) in [6.45, 7) is 5.48. The monoisotopic (exact) mass is 189 g/mol. The maximum absolute atomic E-state index is 8.00. The van der Waals surface area contributed by atoms with Crippen molar-refractivity contribution < 1.29 is 4.79 Å². The molecule has 1 aromatic rings. The molecule has 74 valence electrons. The summed E-state index contributed by atoms with van der Waals surface area (Å²) in [5, 5.41) is 0. The molecule has 1 atom stereocenters. The Morgan fingerprint density at radius 3 is 2.79 bits per heavy atom. The predicted octanol–water partition coefficient (Wildman–Crippen LogP) is 1.61. The number of rotatable bonds is 1. The van der Waals surface area contributed by atoms with E-state index in [4.69, 9.17) is 4.79 Å². The van der Waals surface area contributed by atoms with Crippen molar-refractivity contribution in [2.24, 2.45) is 0 Å². The van der Waals surface area contributed by atoms with Gasteiger partial charge in [-0.05, 0) is 0 Å². The van der Waals surface area contributed by atoms with Crippen molar-refractivity contribution >= 4 is 13.7 Å². The molecule has 2 heterocycles. The molecule has 1 aliphatic heterocycles. The van der Waals surface area contributed by atoms with E-state index in [1.807, 2.05) is 6.79 Å². The average Bonchev–Trinajstić information content (AvgIpc) is 2.69. The van der Waals surface area contributed by atoms with Crippen LogP contribution in [0.1, 0.15) is 24.3 Å². The third kappa shape index (κ3) is 2.52. The summed E-state index contributed by atoms with van der Waals surface area (Å²) < 4.78 is 0. The van der Waals surface area contributed by atoms with E-state index in [1.165, 1.54) is 24.8 Å². The molecule has 0 amide bonds. The van der Waals surface area contributed by atoms with Gasteiger partial charge in [-0.15, -0.1) is 0 Å². The second-order valence-corrected chi connectivity index (χ2v) is 3.55. The molecular formula is C11H16BNO. The fraction of sp³-hybridized carbons (Fsp3) is 0.455. The maximum atomic E-state index is 8.00. The van der Waals surface area contributed by atoms with Crippen molar-refractivity contribution in [3.8, 4) is 0 Å². The van der Waals surface area contributed by atoms with E-state index in [0.29, 0.717) is 6.04 Å². The molecule has 0 bridgehead atoms. The zero-order valence-electron chi connectivity index (χ0n) is 8.65. The zero-order valence-corrected chi connectivity index (χ0v) is 8.65. The van der Waals surface area contributed by atoms with E-state index >= 15 is 0 Å². The van der Waals surface area contributed by atoms with Gasteiger partial charge < -0.3 is 4.79 Å². The van der Waals surface area contributed by atoms with Crippen molar-refractivity contribution in [2.45, 2.75) is 18.9 Å². The minimum absolute atomic E-state index is 0.672. The van der Waals surface area contributed by atoms with E-state index in [9.17, 15) is 0 Å². The van der Waals surface area contributed by atoms with E-state index in [0.717, 1.165) is 0 Å². The normalized spacial score (nSPS) is 21.1. The summed E-state index contributed by atoms with van der Waals surface area (Å²) in [4.78, 5) is 10.4. The van der Waals surface area contributed by atoms with Crippen molar-refractivity contribution in [3.63, 3.8) is 0 Å². The number of carbonyl (C=O) groups excluding carboxylic acids is 1. The molecule has 2 rings (SSSR count). The molecule has 2 nitrogen and oxygen atoms in total. The second kappa shape index (κ2) is 5.71. The van der Waals surface area contributed by atoms with Crippen LogP contribution in [0.15, 0.2) is 24.2 Å². The van der Waals surface area contributed by atoms with E-state index in [1.54, 1.807) is 0 Å². The van der Waals surface area contributed by atoms with Gasteiger partial charge in [0.2, 0.25) is 0 Å². The molecule has 1 saturated heterocycles. The molecule has 0 saturated carbocycles.